The molecule has 0 radical (unpaired) electrons. The first-order chi connectivity index (χ1) is 15.5. The van der Waals surface area contributed by atoms with Gasteiger partial charge in [0, 0.05) is 19.5 Å². The first kappa shape index (κ1) is 23.6. The van der Waals surface area contributed by atoms with Crippen molar-refractivity contribution in [3.8, 4) is 0 Å². The molecule has 0 fully saturated rings. The first-order valence-corrected chi connectivity index (χ1v) is 12.2. The molecule has 4 nitrogen and oxygen atoms in total. The van der Waals surface area contributed by atoms with Gasteiger partial charge >= 0.3 is 0 Å². The average molecular weight is 448 g/mol. The number of carbonyl (C=O) groups is 1. The van der Waals surface area contributed by atoms with Crippen molar-refractivity contribution in [1.29, 1.82) is 0 Å². The molecule has 0 aliphatic rings. The van der Waals surface area contributed by atoms with E-state index in [-0.39, 0.29) is 24.4 Å². The number of hydrogen-bond donors (Lipinski definition) is 0. The second-order valence-corrected chi connectivity index (χ2v) is 9.76. The molecule has 0 aliphatic heterocycles. The van der Waals surface area contributed by atoms with Crippen LogP contribution in [0.1, 0.15) is 23.1 Å². The predicted octanol–water partition coefficient (Wildman–Crippen LogP) is 4.99. The number of sulfonamides is 1. The SMILES string of the molecule is Cc1ccc(S(=O)(=O)N(CC=C(Cc2ccccc2)Cc2ccccc2)CCC=O)cc1. The summed E-state index contributed by atoms with van der Waals surface area (Å²) in [5.74, 6) is 0. The molecule has 0 amide bonds. The number of aldehydes is 1. The van der Waals surface area contributed by atoms with Crippen LogP contribution in [0, 0.1) is 6.92 Å². The van der Waals surface area contributed by atoms with Gasteiger partial charge in [-0.2, -0.15) is 4.31 Å². The van der Waals surface area contributed by atoms with Gasteiger partial charge in [-0.1, -0.05) is 90.0 Å². The Kier molecular flexibility index (Phi) is 8.54. The monoisotopic (exact) mass is 447 g/mol. The van der Waals surface area contributed by atoms with Gasteiger partial charge in [-0.3, -0.25) is 0 Å². The van der Waals surface area contributed by atoms with Crippen molar-refractivity contribution in [1.82, 2.24) is 4.31 Å². The fourth-order valence-corrected chi connectivity index (χ4v) is 4.91. The van der Waals surface area contributed by atoms with Crippen LogP contribution in [0.2, 0.25) is 0 Å². The minimum absolute atomic E-state index is 0.153. The number of hydrogen-bond acceptors (Lipinski definition) is 3. The van der Waals surface area contributed by atoms with Gasteiger partial charge in [-0.05, 0) is 43.0 Å². The molecule has 0 aromatic heterocycles. The Morgan fingerprint density at radius 1 is 0.812 bits per heavy atom. The summed E-state index contributed by atoms with van der Waals surface area (Å²) < 4.78 is 27.9. The van der Waals surface area contributed by atoms with Crippen molar-refractivity contribution < 1.29 is 13.2 Å². The van der Waals surface area contributed by atoms with Gasteiger partial charge < -0.3 is 4.79 Å². The third-order valence-corrected chi connectivity index (χ3v) is 7.17. The number of aryl methyl sites for hydroxylation is 1. The van der Waals surface area contributed by atoms with Gasteiger partial charge in [0.2, 0.25) is 10.0 Å². The van der Waals surface area contributed by atoms with E-state index < -0.39 is 10.0 Å². The number of nitrogens with zero attached hydrogens (tertiary/aromatic N) is 1. The minimum atomic E-state index is -3.70. The Morgan fingerprint density at radius 3 is 1.84 bits per heavy atom. The fraction of sp³-hybridized carbons (Fsp3) is 0.222. The van der Waals surface area contributed by atoms with E-state index in [1.807, 2.05) is 49.4 Å². The maximum atomic E-state index is 13.3. The highest BCUT2D eigenvalue weighted by Crippen LogP contribution is 2.19. The molecule has 3 aromatic carbocycles. The second-order valence-electron chi connectivity index (χ2n) is 7.82. The van der Waals surface area contributed by atoms with E-state index in [1.165, 1.54) is 15.4 Å². The van der Waals surface area contributed by atoms with Gasteiger partial charge in [0.05, 0.1) is 4.90 Å². The van der Waals surface area contributed by atoms with Crippen LogP contribution >= 0.6 is 0 Å². The first-order valence-electron chi connectivity index (χ1n) is 10.8. The highest BCUT2D eigenvalue weighted by molar-refractivity contribution is 7.89. The van der Waals surface area contributed by atoms with E-state index >= 15 is 0 Å². The smallest absolute Gasteiger partial charge is 0.243 e. The molecule has 3 aromatic rings. The molecule has 0 N–H and O–H groups in total. The summed E-state index contributed by atoms with van der Waals surface area (Å²) in [4.78, 5) is 11.2. The molecule has 0 bridgehead atoms. The van der Waals surface area contributed by atoms with Crippen molar-refractivity contribution in [2.75, 3.05) is 13.1 Å². The molecule has 0 unspecified atom stereocenters. The van der Waals surface area contributed by atoms with Crippen molar-refractivity contribution >= 4 is 16.3 Å². The Balaban J connectivity index is 1.88. The molecule has 0 spiro atoms. The van der Waals surface area contributed by atoms with Crippen LogP contribution < -0.4 is 0 Å². The minimum Gasteiger partial charge on any atom is -0.303 e. The van der Waals surface area contributed by atoms with E-state index in [4.69, 9.17) is 0 Å². The summed E-state index contributed by atoms with van der Waals surface area (Å²) in [6.07, 6.45) is 4.39. The Bertz CT molecular complexity index is 1080. The van der Waals surface area contributed by atoms with E-state index in [1.54, 1.807) is 24.3 Å². The zero-order valence-electron chi connectivity index (χ0n) is 18.4. The summed E-state index contributed by atoms with van der Waals surface area (Å²) in [5, 5.41) is 0. The lowest BCUT2D eigenvalue weighted by Gasteiger charge is -2.21. The molecular formula is C27H29NO3S. The summed E-state index contributed by atoms with van der Waals surface area (Å²) >= 11 is 0. The van der Waals surface area contributed by atoms with Crippen LogP contribution in [0.5, 0.6) is 0 Å². The zero-order valence-corrected chi connectivity index (χ0v) is 19.2. The van der Waals surface area contributed by atoms with Crippen molar-refractivity contribution in [3.05, 3.63) is 113 Å². The molecule has 0 saturated carbocycles. The molecule has 0 heterocycles. The highest BCUT2D eigenvalue weighted by Gasteiger charge is 2.23. The molecule has 0 saturated heterocycles. The maximum Gasteiger partial charge on any atom is 0.243 e. The lowest BCUT2D eigenvalue weighted by molar-refractivity contribution is -0.107. The fourth-order valence-electron chi connectivity index (χ4n) is 3.52. The highest BCUT2D eigenvalue weighted by atomic mass is 32.2. The quantitative estimate of drug-likeness (QED) is 0.307. The van der Waals surface area contributed by atoms with Crippen LogP contribution in [0.4, 0.5) is 0 Å². The van der Waals surface area contributed by atoms with Gasteiger partial charge in [0.15, 0.2) is 0 Å². The molecular weight excluding hydrogens is 418 g/mol. The van der Waals surface area contributed by atoms with E-state index in [0.29, 0.717) is 0 Å². The largest absolute Gasteiger partial charge is 0.303 e. The Hall–Kier alpha value is -3.02. The summed E-state index contributed by atoms with van der Waals surface area (Å²) in [6, 6.07) is 27.1. The zero-order chi connectivity index (χ0) is 22.8. The van der Waals surface area contributed by atoms with E-state index in [0.717, 1.165) is 30.3 Å². The standard InChI is InChI=1S/C27H29NO3S/c1-23-13-15-27(16-14-23)32(30,31)28(18-8-20-29)19-17-26(21-24-9-4-2-5-10-24)22-25-11-6-3-7-12-25/h2-7,9-17,20H,8,18-19,21-22H2,1H3. The lowest BCUT2D eigenvalue weighted by atomic mass is 9.98. The van der Waals surface area contributed by atoms with Crippen molar-refractivity contribution in [3.63, 3.8) is 0 Å². The Labute approximate surface area is 191 Å². The normalized spacial score (nSPS) is 11.3. The van der Waals surface area contributed by atoms with Crippen LogP contribution in [-0.2, 0) is 27.7 Å². The molecule has 5 heteroatoms. The third kappa shape index (κ3) is 6.74. The molecule has 0 atom stereocenters. The molecule has 32 heavy (non-hydrogen) atoms. The number of rotatable bonds is 11. The number of benzene rings is 3. The van der Waals surface area contributed by atoms with Gasteiger partial charge in [0.1, 0.15) is 6.29 Å². The molecule has 3 rings (SSSR count). The van der Waals surface area contributed by atoms with Crippen LogP contribution in [0.25, 0.3) is 0 Å². The predicted molar refractivity (Wildman–Crippen MR) is 129 cm³/mol. The topological polar surface area (TPSA) is 54.5 Å². The number of carbonyl (C=O) groups excluding carboxylic acids is 1. The number of allylic oxidation sites excluding steroid dienone is 1. The third-order valence-electron chi connectivity index (χ3n) is 5.29. The maximum absolute atomic E-state index is 13.3. The van der Waals surface area contributed by atoms with Gasteiger partial charge in [-0.25, -0.2) is 8.42 Å². The molecule has 166 valence electrons. The van der Waals surface area contributed by atoms with Crippen molar-refractivity contribution in [2.24, 2.45) is 0 Å². The van der Waals surface area contributed by atoms with E-state index in [9.17, 15) is 13.2 Å². The van der Waals surface area contributed by atoms with Crippen LogP contribution in [0.3, 0.4) is 0 Å². The van der Waals surface area contributed by atoms with Gasteiger partial charge in [0.25, 0.3) is 0 Å². The Morgan fingerprint density at radius 2 is 1.34 bits per heavy atom. The summed E-state index contributed by atoms with van der Waals surface area (Å²) in [6.45, 7) is 2.29. The van der Waals surface area contributed by atoms with Crippen molar-refractivity contribution in [2.45, 2.75) is 31.1 Å². The molecule has 0 aliphatic carbocycles. The second kappa shape index (κ2) is 11.6. The van der Waals surface area contributed by atoms with Gasteiger partial charge in [-0.15, -0.1) is 0 Å². The summed E-state index contributed by atoms with van der Waals surface area (Å²) in [5.41, 5.74) is 4.49. The van der Waals surface area contributed by atoms with Crippen LogP contribution in [-0.4, -0.2) is 32.1 Å². The average Bonchev–Trinajstić information content (AvgIpc) is 2.80. The van der Waals surface area contributed by atoms with Crippen LogP contribution in [0.15, 0.2) is 101 Å². The van der Waals surface area contributed by atoms with E-state index in [2.05, 4.69) is 24.3 Å². The summed E-state index contributed by atoms with van der Waals surface area (Å²) in [7, 11) is -3.70. The lowest BCUT2D eigenvalue weighted by Crippen LogP contribution is -2.32.